The Kier molecular flexibility index (Phi) is 5.61. The highest BCUT2D eigenvalue weighted by Gasteiger charge is 2.07. The fourth-order valence-corrected chi connectivity index (χ4v) is 2.84. The Morgan fingerprint density at radius 2 is 1.33 bits per heavy atom. The number of anilines is 4. The Balaban J connectivity index is 1.47. The van der Waals surface area contributed by atoms with Crippen LogP contribution in [0, 0.1) is 5.82 Å². The molecule has 2 aromatic heterocycles. The van der Waals surface area contributed by atoms with E-state index in [0.29, 0.717) is 17.3 Å². The Hall–Kier alpha value is -4.26. The van der Waals surface area contributed by atoms with Crippen LogP contribution in [0.2, 0.25) is 0 Å². The highest BCUT2D eigenvalue weighted by Crippen LogP contribution is 2.24. The lowest BCUT2D eigenvalue weighted by molar-refractivity contribution is 0.262. The van der Waals surface area contributed by atoms with Gasteiger partial charge in [0.15, 0.2) is 0 Å². The molecule has 2 aromatic carbocycles. The van der Waals surface area contributed by atoms with E-state index < -0.39 is 6.03 Å². The largest absolute Gasteiger partial charge is 0.340 e. The first kappa shape index (κ1) is 19.1. The Morgan fingerprint density at radius 1 is 0.700 bits per heavy atom. The minimum atomic E-state index is -0.465. The minimum Gasteiger partial charge on any atom is -0.340 e. The van der Waals surface area contributed by atoms with Gasteiger partial charge in [0.2, 0.25) is 0 Å². The van der Waals surface area contributed by atoms with E-state index in [9.17, 15) is 9.18 Å². The van der Waals surface area contributed by atoms with Gasteiger partial charge in [0, 0.05) is 23.8 Å². The number of urea groups is 1. The van der Waals surface area contributed by atoms with Crippen LogP contribution < -0.4 is 16.0 Å². The third kappa shape index (κ3) is 4.96. The number of halogens is 1. The Bertz CT molecular complexity index is 1150. The first-order valence-electron chi connectivity index (χ1n) is 9.24. The van der Waals surface area contributed by atoms with E-state index >= 15 is 0 Å². The molecule has 0 aliphatic carbocycles. The normalized spacial score (nSPS) is 10.3. The average molecular weight is 399 g/mol. The van der Waals surface area contributed by atoms with Crippen molar-refractivity contribution in [3.05, 3.63) is 97.1 Å². The van der Waals surface area contributed by atoms with Gasteiger partial charge in [-0.2, -0.15) is 0 Å². The molecule has 0 saturated carbocycles. The van der Waals surface area contributed by atoms with Gasteiger partial charge in [-0.05, 0) is 71.8 Å². The van der Waals surface area contributed by atoms with Crippen molar-refractivity contribution < 1.29 is 9.18 Å². The molecule has 30 heavy (non-hydrogen) atoms. The van der Waals surface area contributed by atoms with Gasteiger partial charge < -0.3 is 10.6 Å². The number of para-hydroxylation sites is 1. The first-order chi connectivity index (χ1) is 14.7. The second-order valence-electron chi connectivity index (χ2n) is 6.44. The number of hydrogen-bond donors (Lipinski definition) is 3. The highest BCUT2D eigenvalue weighted by molar-refractivity contribution is 5.99. The van der Waals surface area contributed by atoms with Crippen molar-refractivity contribution in [2.24, 2.45) is 0 Å². The van der Waals surface area contributed by atoms with Crippen LogP contribution in [0.3, 0.4) is 0 Å². The monoisotopic (exact) mass is 399 g/mol. The number of carbonyl (C=O) groups excluding carboxylic acids is 1. The number of nitrogens with one attached hydrogen (secondary N) is 3. The van der Waals surface area contributed by atoms with Crippen LogP contribution in [0.5, 0.6) is 0 Å². The summed E-state index contributed by atoms with van der Waals surface area (Å²) in [5.74, 6) is 0.731. The molecule has 148 valence electrons. The number of pyridine rings is 2. The van der Waals surface area contributed by atoms with Crippen LogP contribution >= 0.6 is 0 Å². The van der Waals surface area contributed by atoms with Crippen LogP contribution in [0.25, 0.3) is 11.1 Å². The molecule has 0 fully saturated rings. The van der Waals surface area contributed by atoms with Gasteiger partial charge in [0.25, 0.3) is 0 Å². The van der Waals surface area contributed by atoms with E-state index in [4.69, 9.17) is 0 Å². The van der Waals surface area contributed by atoms with E-state index in [0.717, 1.165) is 16.8 Å². The van der Waals surface area contributed by atoms with Crippen LogP contribution in [-0.4, -0.2) is 16.0 Å². The summed E-state index contributed by atoms with van der Waals surface area (Å²) in [6, 6.07) is 22.2. The van der Waals surface area contributed by atoms with Crippen molar-refractivity contribution in [2.75, 3.05) is 16.0 Å². The third-order valence-corrected chi connectivity index (χ3v) is 4.24. The molecule has 0 unspecified atom stereocenters. The van der Waals surface area contributed by atoms with Crippen LogP contribution in [0.15, 0.2) is 91.3 Å². The summed E-state index contributed by atoms with van der Waals surface area (Å²) < 4.78 is 13.0. The molecule has 3 N–H and O–H groups in total. The molecule has 4 rings (SSSR count). The van der Waals surface area contributed by atoms with Crippen molar-refractivity contribution >= 4 is 29.0 Å². The van der Waals surface area contributed by atoms with E-state index in [1.807, 2.05) is 48.5 Å². The number of aromatic nitrogens is 2. The van der Waals surface area contributed by atoms with Crippen molar-refractivity contribution in [3.63, 3.8) is 0 Å². The second-order valence-corrected chi connectivity index (χ2v) is 6.44. The van der Waals surface area contributed by atoms with Crippen LogP contribution in [-0.2, 0) is 0 Å². The minimum absolute atomic E-state index is 0.367. The van der Waals surface area contributed by atoms with Gasteiger partial charge in [0.05, 0.1) is 0 Å². The molecule has 0 aliphatic rings. The highest BCUT2D eigenvalue weighted by atomic mass is 19.1. The lowest BCUT2D eigenvalue weighted by Crippen LogP contribution is -2.20. The topological polar surface area (TPSA) is 78.9 Å². The van der Waals surface area contributed by atoms with Crippen molar-refractivity contribution in [2.45, 2.75) is 0 Å². The van der Waals surface area contributed by atoms with Gasteiger partial charge in [-0.25, -0.2) is 19.2 Å². The van der Waals surface area contributed by atoms with Gasteiger partial charge in [-0.15, -0.1) is 0 Å². The molecule has 0 radical (unpaired) electrons. The van der Waals surface area contributed by atoms with Crippen LogP contribution in [0.1, 0.15) is 0 Å². The lowest BCUT2D eigenvalue weighted by atomic mass is 10.1. The van der Waals surface area contributed by atoms with E-state index in [1.54, 1.807) is 18.5 Å². The van der Waals surface area contributed by atoms with Gasteiger partial charge in [-0.1, -0.05) is 18.2 Å². The summed E-state index contributed by atoms with van der Waals surface area (Å²) in [6.45, 7) is 0. The van der Waals surface area contributed by atoms with E-state index in [2.05, 4.69) is 25.9 Å². The molecule has 2 heterocycles. The second kappa shape index (κ2) is 8.83. The number of benzene rings is 2. The molecule has 4 aromatic rings. The zero-order chi connectivity index (χ0) is 20.8. The maximum absolute atomic E-state index is 13.0. The molecule has 0 aliphatic heterocycles. The summed E-state index contributed by atoms with van der Waals surface area (Å²) >= 11 is 0. The number of rotatable bonds is 5. The average Bonchev–Trinajstić information content (AvgIpc) is 2.76. The Labute approximate surface area is 172 Å². The zero-order valence-corrected chi connectivity index (χ0v) is 15.8. The predicted molar refractivity (Wildman–Crippen MR) is 116 cm³/mol. The predicted octanol–water partition coefficient (Wildman–Crippen LogP) is 5.67. The molecule has 0 bridgehead atoms. The quantitative estimate of drug-likeness (QED) is 0.404. The standard InChI is InChI=1S/C23H18FN5O/c24-18-6-8-20(9-7-18)28-23(30)29-22-15-17(11-13-26-22)16-10-12-25-21(14-16)27-19-4-2-1-3-5-19/h1-15H,(H,25,27)(H2,26,28,29,30). The number of amides is 2. The third-order valence-electron chi connectivity index (χ3n) is 4.24. The molecule has 7 heteroatoms. The summed E-state index contributed by atoms with van der Waals surface area (Å²) in [6.07, 6.45) is 3.34. The number of nitrogens with zero attached hydrogens (tertiary/aromatic N) is 2. The van der Waals surface area contributed by atoms with Crippen LogP contribution in [0.4, 0.5) is 32.2 Å². The van der Waals surface area contributed by atoms with Gasteiger partial charge >= 0.3 is 6.03 Å². The van der Waals surface area contributed by atoms with E-state index in [-0.39, 0.29) is 5.82 Å². The molecule has 6 nitrogen and oxygen atoms in total. The summed E-state index contributed by atoms with van der Waals surface area (Å²) in [5, 5.41) is 8.58. The summed E-state index contributed by atoms with van der Waals surface area (Å²) in [4.78, 5) is 20.7. The SMILES string of the molecule is O=C(Nc1ccc(F)cc1)Nc1cc(-c2ccnc(Nc3ccccc3)c2)ccn1. The molecular formula is C23H18FN5O. The van der Waals surface area contributed by atoms with Gasteiger partial charge in [0.1, 0.15) is 17.5 Å². The summed E-state index contributed by atoms with van der Waals surface area (Å²) in [7, 11) is 0. The molecule has 0 spiro atoms. The zero-order valence-electron chi connectivity index (χ0n) is 15.8. The summed E-state index contributed by atoms with van der Waals surface area (Å²) in [5.41, 5.74) is 3.22. The molecular weight excluding hydrogens is 381 g/mol. The van der Waals surface area contributed by atoms with Crippen molar-refractivity contribution in [1.29, 1.82) is 0 Å². The lowest BCUT2D eigenvalue weighted by Gasteiger charge is -2.10. The smallest absolute Gasteiger partial charge is 0.324 e. The number of hydrogen-bond acceptors (Lipinski definition) is 4. The first-order valence-corrected chi connectivity index (χ1v) is 9.24. The Morgan fingerprint density at radius 3 is 2.03 bits per heavy atom. The molecule has 0 saturated heterocycles. The number of carbonyl (C=O) groups is 1. The van der Waals surface area contributed by atoms with Crippen molar-refractivity contribution in [3.8, 4) is 11.1 Å². The molecule has 2 amide bonds. The molecule has 0 atom stereocenters. The fraction of sp³-hybridized carbons (Fsp3) is 0. The van der Waals surface area contributed by atoms with Gasteiger partial charge in [-0.3, -0.25) is 5.32 Å². The van der Waals surface area contributed by atoms with Crippen molar-refractivity contribution in [1.82, 2.24) is 9.97 Å². The maximum atomic E-state index is 13.0. The van der Waals surface area contributed by atoms with E-state index in [1.165, 1.54) is 24.3 Å². The fourth-order valence-electron chi connectivity index (χ4n) is 2.84. The maximum Gasteiger partial charge on any atom is 0.324 e.